The Morgan fingerprint density at radius 2 is 1.72 bits per heavy atom. The van der Waals surface area contributed by atoms with Crippen LogP contribution in [0, 0.1) is 23.7 Å². The molecule has 0 N–H and O–H groups in total. The molecule has 4 nitrogen and oxygen atoms in total. The van der Waals surface area contributed by atoms with Crippen molar-refractivity contribution in [2.75, 3.05) is 4.90 Å². The van der Waals surface area contributed by atoms with Gasteiger partial charge in [0.15, 0.2) is 0 Å². The van der Waals surface area contributed by atoms with E-state index in [-0.39, 0.29) is 28.3 Å². The molecule has 1 saturated heterocycles. The van der Waals surface area contributed by atoms with Crippen molar-refractivity contribution < 1.29 is 27.6 Å². The Morgan fingerprint density at radius 1 is 1.04 bits per heavy atom. The molecule has 0 radical (unpaired) electrons. The first-order chi connectivity index (χ1) is 11.7. The first-order valence-corrected chi connectivity index (χ1v) is 8.76. The van der Waals surface area contributed by atoms with Gasteiger partial charge in [0.05, 0.1) is 23.1 Å². The number of carbonyl (C=O) groups excluding carboxylic acids is 3. The maximum Gasteiger partial charge on any atom is 0.417 e. The molecule has 2 bridgehead atoms. The lowest BCUT2D eigenvalue weighted by atomic mass is 9.59. The molecule has 5 rings (SSSR count). The van der Waals surface area contributed by atoms with Crippen LogP contribution in [0.25, 0.3) is 0 Å². The van der Waals surface area contributed by atoms with Crippen molar-refractivity contribution in [3.8, 4) is 0 Å². The van der Waals surface area contributed by atoms with Crippen LogP contribution in [0.4, 0.5) is 18.9 Å². The second-order valence-corrected chi connectivity index (χ2v) is 7.69. The lowest BCUT2D eigenvalue weighted by Gasteiger charge is -2.41. The number of fused-ring (bicyclic) bond motifs is 2. The lowest BCUT2D eigenvalue weighted by molar-refractivity contribution is -0.143. The summed E-state index contributed by atoms with van der Waals surface area (Å²) in [6, 6.07) is 3.30. The zero-order valence-corrected chi connectivity index (χ0v) is 14.4. The molecule has 8 heteroatoms. The summed E-state index contributed by atoms with van der Waals surface area (Å²) in [6.07, 6.45) is -3.04. The maximum atomic E-state index is 13.1. The summed E-state index contributed by atoms with van der Waals surface area (Å²) in [6.45, 7) is 0. The van der Waals surface area contributed by atoms with Gasteiger partial charge in [0, 0.05) is 16.8 Å². The molecule has 2 amide bonds. The molecule has 0 aromatic heterocycles. The van der Waals surface area contributed by atoms with Crippen LogP contribution >= 0.6 is 15.9 Å². The van der Waals surface area contributed by atoms with Gasteiger partial charge in [0.25, 0.3) is 0 Å². The highest BCUT2D eigenvalue weighted by Gasteiger charge is 2.61. The van der Waals surface area contributed by atoms with Crippen molar-refractivity contribution in [1.29, 1.82) is 0 Å². The van der Waals surface area contributed by atoms with E-state index in [1.165, 1.54) is 12.1 Å². The molecule has 1 aromatic carbocycles. The Balaban J connectivity index is 1.76. The normalized spacial score (nSPS) is 31.7. The Kier molecular flexibility index (Phi) is 3.62. The zero-order valence-electron chi connectivity index (χ0n) is 12.8. The molecule has 1 aliphatic heterocycles. The first-order valence-electron chi connectivity index (χ1n) is 7.97. The third-order valence-corrected chi connectivity index (χ3v) is 6.27. The summed E-state index contributed by atoms with van der Waals surface area (Å²) in [5.74, 6) is -2.99. The Bertz CT molecular complexity index is 807. The number of halogens is 4. The van der Waals surface area contributed by atoms with Crippen LogP contribution in [0.5, 0.6) is 0 Å². The minimum Gasteiger partial charge on any atom is -0.299 e. The predicted octanol–water partition coefficient (Wildman–Crippen LogP) is 3.57. The molecule has 25 heavy (non-hydrogen) atoms. The quantitative estimate of drug-likeness (QED) is 0.658. The SMILES string of the molecule is O=C1C[C@H]2CC[C@@H]1[C@H]1C(=O)N(c3ccc(Br)c(C(F)(F)F)c3)C(=O)[C@@H]21. The summed E-state index contributed by atoms with van der Waals surface area (Å²) in [5.41, 5.74) is -1.04. The Morgan fingerprint density at radius 3 is 2.36 bits per heavy atom. The minimum absolute atomic E-state index is 0.00714. The highest BCUT2D eigenvalue weighted by Crippen LogP contribution is 2.52. The highest BCUT2D eigenvalue weighted by atomic mass is 79.9. The zero-order chi connectivity index (χ0) is 18.1. The minimum atomic E-state index is -4.61. The number of ketones is 1. The van der Waals surface area contributed by atoms with Gasteiger partial charge in [-0.3, -0.25) is 19.3 Å². The highest BCUT2D eigenvalue weighted by molar-refractivity contribution is 9.10. The topological polar surface area (TPSA) is 54.5 Å². The Hall–Kier alpha value is -1.70. The standard InChI is InChI=1S/C17H13BrF3NO3/c18-11-4-2-8(6-10(11)17(19,20)21)22-15(24)13-7-1-3-9(12(23)5-7)14(13)16(22)25/h2,4,6-7,9,13-14H,1,3,5H2/t7-,9+,13+,14-/m1/s1. The van der Waals surface area contributed by atoms with E-state index < -0.39 is 41.3 Å². The molecule has 0 unspecified atom stereocenters. The van der Waals surface area contributed by atoms with Gasteiger partial charge >= 0.3 is 6.18 Å². The fourth-order valence-corrected chi connectivity index (χ4v) is 4.98. The summed E-state index contributed by atoms with van der Waals surface area (Å²) >= 11 is 2.85. The van der Waals surface area contributed by atoms with E-state index >= 15 is 0 Å². The van der Waals surface area contributed by atoms with E-state index in [2.05, 4.69) is 15.9 Å². The fourth-order valence-electron chi connectivity index (χ4n) is 4.51. The Labute approximate surface area is 149 Å². The average molecular weight is 416 g/mol. The van der Waals surface area contributed by atoms with E-state index in [0.717, 1.165) is 11.0 Å². The molecule has 3 saturated carbocycles. The molecule has 0 spiro atoms. The molecular weight excluding hydrogens is 403 g/mol. The van der Waals surface area contributed by atoms with Gasteiger partial charge < -0.3 is 0 Å². The van der Waals surface area contributed by atoms with Crippen molar-refractivity contribution >= 4 is 39.2 Å². The number of nitrogens with zero attached hydrogens (tertiary/aromatic N) is 1. The van der Waals surface area contributed by atoms with Gasteiger partial charge in [-0.1, -0.05) is 15.9 Å². The number of imide groups is 1. The van der Waals surface area contributed by atoms with E-state index in [0.29, 0.717) is 12.8 Å². The van der Waals surface area contributed by atoms with Gasteiger partial charge in [0.2, 0.25) is 11.8 Å². The predicted molar refractivity (Wildman–Crippen MR) is 84.5 cm³/mol. The number of amides is 2. The summed E-state index contributed by atoms with van der Waals surface area (Å²) in [4.78, 5) is 38.5. The van der Waals surface area contributed by atoms with Crippen molar-refractivity contribution in [1.82, 2.24) is 0 Å². The number of hydrogen-bond donors (Lipinski definition) is 0. The molecule has 3 aliphatic carbocycles. The number of carbonyl (C=O) groups is 3. The number of Topliss-reactive ketones (excluding diaryl/α,β-unsaturated/α-hetero) is 1. The first kappa shape index (κ1) is 16.8. The van der Waals surface area contributed by atoms with E-state index in [1.54, 1.807) is 0 Å². The van der Waals surface area contributed by atoms with Crippen LogP contribution in [0.1, 0.15) is 24.8 Å². The molecule has 4 fully saturated rings. The van der Waals surface area contributed by atoms with Gasteiger partial charge in [0.1, 0.15) is 5.78 Å². The summed E-state index contributed by atoms with van der Waals surface area (Å²) in [5, 5.41) is 0. The smallest absolute Gasteiger partial charge is 0.299 e. The third-order valence-electron chi connectivity index (χ3n) is 5.58. The monoisotopic (exact) mass is 415 g/mol. The van der Waals surface area contributed by atoms with Crippen LogP contribution in [-0.4, -0.2) is 17.6 Å². The van der Waals surface area contributed by atoms with E-state index in [4.69, 9.17) is 0 Å². The molecule has 1 aromatic rings. The van der Waals surface area contributed by atoms with Crippen LogP contribution < -0.4 is 4.90 Å². The number of alkyl halides is 3. The van der Waals surface area contributed by atoms with Gasteiger partial charge in [-0.25, -0.2) is 0 Å². The molecule has 132 valence electrons. The van der Waals surface area contributed by atoms with Crippen molar-refractivity contribution in [2.45, 2.75) is 25.4 Å². The largest absolute Gasteiger partial charge is 0.417 e. The van der Waals surface area contributed by atoms with Crippen LogP contribution in [0.2, 0.25) is 0 Å². The molecule has 4 aliphatic rings. The number of rotatable bonds is 1. The van der Waals surface area contributed by atoms with Crippen LogP contribution in [-0.2, 0) is 20.6 Å². The molecule has 1 heterocycles. The van der Waals surface area contributed by atoms with Gasteiger partial charge in [-0.2, -0.15) is 13.2 Å². The number of hydrogen-bond acceptors (Lipinski definition) is 3. The third kappa shape index (κ3) is 2.37. The second kappa shape index (κ2) is 5.40. The summed E-state index contributed by atoms with van der Waals surface area (Å²) in [7, 11) is 0. The van der Waals surface area contributed by atoms with Crippen molar-refractivity contribution in [3.63, 3.8) is 0 Å². The van der Waals surface area contributed by atoms with Crippen LogP contribution in [0.15, 0.2) is 22.7 Å². The van der Waals surface area contributed by atoms with Crippen molar-refractivity contribution in [3.05, 3.63) is 28.2 Å². The summed E-state index contributed by atoms with van der Waals surface area (Å²) < 4.78 is 39.2. The number of benzene rings is 1. The van der Waals surface area contributed by atoms with Gasteiger partial charge in [-0.05, 0) is 37.0 Å². The maximum absolute atomic E-state index is 13.1. The lowest BCUT2D eigenvalue weighted by Crippen LogP contribution is -2.46. The van der Waals surface area contributed by atoms with Gasteiger partial charge in [-0.15, -0.1) is 0 Å². The van der Waals surface area contributed by atoms with Crippen LogP contribution in [0.3, 0.4) is 0 Å². The number of anilines is 1. The van der Waals surface area contributed by atoms with E-state index in [1.807, 2.05) is 0 Å². The average Bonchev–Trinajstić information content (AvgIpc) is 2.81. The van der Waals surface area contributed by atoms with Crippen molar-refractivity contribution in [2.24, 2.45) is 23.7 Å². The van der Waals surface area contributed by atoms with E-state index in [9.17, 15) is 27.6 Å². The molecule has 4 atom stereocenters. The molecular formula is C17H13BrF3NO3. The second-order valence-electron chi connectivity index (χ2n) is 6.84. The fraction of sp³-hybridized carbons (Fsp3) is 0.471.